The van der Waals surface area contributed by atoms with Gasteiger partial charge in [-0.1, -0.05) is 43.3 Å². The Morgan fingerprint density at radius 3 is 2.86 bits per heavy atom. The van der Waals surface area contributed by atoms with Crippen molar-refractivity contribution in [1.82, 2.24) is 10.6 Å². The lowest BCUT2D eigenvalue weighted by Crippen LogP contribution is -2.58. The molecular weight excluding hydrogens is 434 g/mol. The van der Waals surface area contributed by atoms with Crippen LogP contribution in [0, 0.1) is 0 Å². The summed E-state index contributed by atoms with van der Waals surface area (Å²) < 4.78 is 0. The molecule has 2 atom stereocenters. The molecule has 1 unspecified atom stereocenters. The molecular formula is C29H31N5O. The second kappa shape index (κ2) is 7.74. The van der Waals surface area contributed by atoms with Crippen molar-refractivity contribution in [3.05, 3.63) is 87.4 Å². The Bertz CT molecular complexity index is 1370. The van der Waals surface area contributed by atoms with Crippen LogP contribution in [0.3, 0.4) is 0 Å². The van der Waals surface area contributed by atoms with Gasteiger partial charge < -0.3 is 10.6 Å². The van der Waals surface area contributed by atoms with Crippen molar-refractivity contribution < 1.29 is 4.79 Å². The number of benzene rings is 1. The number of fused-ring (bicyclic) bond motifs is 2. The molecule has 1 amide bonds. The number of hydrogen-bond donors (Lipinski definition) is 2. The molecule has 1 aliphatic carbocycles. The maximum atomic E-state index is 13.7. The molecule has 0 aromatic heterocycles. The van der Waals surface area contributed by atoms with Gasteiger partial charge in [-0.05, 0) is 61.5 Å². The van der Waals surface area contributed by atoms with Crippen LogP contribution in [0.1, 0.15) is 64.5 Å². The minimum Gasteiger partial charge on any atom is -0.362 e. The van der Waals surface area contributed by atoms with Crippen LogP contribution in [0.4, 0.5) is 0 Å². The first-order valence-electron chi connectivity index (χ1n) is 12.5. The van der Waals surface area contributed by atoms with Gasteiger partial charge in [0.25, 0.3) is 5.91 Å². The fraction of sp³-hybridized carbons (Fsp3) is 0.379. The number of carbonyl (C=O) groups excluding carboxylic acids is 1. The third-order valence-corrected chi connectivity index (χ3v) is 7.97. The number of aliphatic imine (C=N–C) groups is 1. The Morgan fingerprint density at radius 2 is 2.03 bits per heavy atom. The van der Waals surface area contributed by atoms with Crippen molar-refractivity contribution in [3.63, 3.8) is 0 Å². The zero-order valence-electron chi connectivity index (χ0n) is 20.8. The molecule has 1 aromatic rings. The molecule has 4 heterocycles. The smallest absolute Gasteiger partial charge is 0.250 e. The second-order valence-electron chi connectivity index (χ2n) is 10.7. The summed E-state index contributed by atoms with van der Waals surface area (Å²) >= 11 is 0. The fourth-order valence-corrected chi connectivity index (χ4v) is 6.44. The summed E-state index contributed by atoms with van der Waals surface area (Å²) in [5, 5.41) is 15.6. The highest BCUT2D eigenvalue weighted by atomic mass is 16.2. The average Bonchev–Trinajstić information content (AvgIpc) is 3.31. The normalized spacial score (nSPS) is 28.4. The number of nitrogens with zero attached hydrogens (tertiary/aromatic N) is 3. The lowest BCUT2D eigenvalue weighted by Gasteiger charge is -2.48. The molecule has 35 heavy (non-hydrogen) atoms. The van der Waals surface area contributed by atoms with Crippen molar-refractivity contribution in [1.29, 1.82) is 0 Å². The van der Waals surface area contributed by atoms with Gasteiger partial charge in [0.15, 0.2) is 6.17 Å². The lowest BCUT2D eigenvalue weighted by molar-refractivity contribution is -0.120. The zero-order valence-corrected chi connectivity index (χ0v) is 20.8. The molecule has 2 N–H and O–H groups in total. The minimum absolute atomic E-state index is 0.00709. The summed E-state index contributed by atoms with van der Waals surface area (Å²) in [6.45, 7) is 8.42. The van der Waals surface area contributed by atoms with Crippen molar-refractivity contribution in [3.8, 4) is 0 Å². The van der Waals surface area contributed by atoms with Gasteiger partial charge in [-0.3, -0.25) is 9.79 Å². The third kappa shape index (κ3) is 3.23. The Balaban J connectivity index is 1.55. The molecule has 0 saturated heterocycles. The fourth-order valence-electron chi connectivity index (χ4n) is 6.44. The Morgan fingerprint density at radius 1 is 1.17 bits per heavy atom. The van der Waals surface area contributed by atoms with Crippen LogP contribution >= 0.6 is 0 Å². The van der Waals surface area contributed by atoms with E-state index in [9.17, 15) is 4.79 Å². The van der Waals surface area contributed by atoms with Crippen LogP contribution in [0.2, 0.25) is 0 Å². The summed E-state index contributed by atoms with van der Waals surface area (Å²) in [7, 11) is 0. The van der Waals surface area contributed by atoms with Gasteiger partial charge in [0.1, 0.15) is 0 Å². The summed E-state index contributed by atoms with van der Waals surface area (Å²) in [6, 6.07) is 8.77. The number of azo groups is 1. The Kier molecular flexibility index (Phi) is 4.85. The van der Waals surface area contributed by atoms with Gasteiger partial charge in [0, 0.05) is 35.9 Å². The molecule has 6 nitrogen and oxygen atoms in total. The molecule has 0 bridgehead atoms. The highest BCUT2D eigenvalue weighted by Gasteiger charge is 2.53. The molecule has 4 aliphatic heterocycles. The van der Waals surface area contributed by atoms with Crippen molar-refractivity contribution in [2.45, 2.75) is 70.5 Å². The minimum atomic E-state index is -0.583. The molecule has 0 spiro atoms. The number of allylic oxidation sites excluding steroid dienone is 5. The van der Waals surface area contributed by atoms with E-state index in [0.717, 1.165) is 53.8 Å². The lowest BCUT2D eigenvalue weighted by atomic mass is 9.62. The van der Waals surface area contributed by atoms with Crippen LogP contribution in [-0.2, 0) is 10.2 Å². The highest BCUT2D eigenvalue weighted by molar-refractivity contribution is 6.00. The van der Waals surface area contributed by atoms with E-state index < -0.39 is 5.41 Å². The monoisotopic (exact) mass is 465 g/mol. The molecule has 6 rings (SSSR count). The van der Waals surface area contributed by atoms with Crippen LogP contribution in [0.5, 0.6) is 0 Å². The van der Waals surface area contributed by atoms with Crippen molar-refractivity contribution >= 4 is 17.7 Å². The maximum Gasteiger partial charge on any atom is 0.250 e. The number of nitrogens with one attached hydrogen (secondary N) is 2. The van der Waals surface area contributed by atoms with Gasteiger partial charge in [-0.15, -0.1) is 0 Å². The van der Waals surface area contributed by atoms with Crippen LogP contribution < -0.4 is 10.6 Å². The summed E-state index contributed by atoms with van der Waals surface area (Å²) in [5.41, 5.74) is 9.18. The molecule has 1 aromatic carbocycles. The van der Waals surface area contributed by atoms with E-state index in [-0.39, 0.29) is 17.6 Å². The topological polar surface area (TPSA) is 78.2 Å². The number of rotatable bonds is 3. The highest BCUT2D eigenvalue weighted by Crippen LogP contribution is 2.51. The summed E-state index contributed by atoms with van der Waals surface area (Å²) in [4.78, 5) is 18.4. The second-order valence-corrected chi connectivity index (χ2v) is 10.7. The predicted octanol–water partition coefficient (Wildman–Crippen LogP) is 5.63. The van der Waals surface area contributed by atoms with E-state index >= 15 is 0 Å². The molecule has 0 saturated carbocycles. The predicted molar refractivity (Wildman–Crippen MR) is 139 cm³/mol. The zero-order chi connectivity index (χ0) is 24.4. The van der Waals surface area contributed by atoms with Crippen LogP contribution in [0.25, 0.3) is 5.57 Å². The van der Waals surface area contributed by atoms with E-state index in [0.29, 0.717) is 0 Å². The average molecular weight is 466 g/mol. The third-order valence-electron chi connectivity index (χ3n) is 7.97. The first-order valence-corrected chi connectivity index (χ1v) is 12.5. The largest absolute Gasteiger partial charge is 0.362 e. The van der Waals surface area contributed by atoms with E-state index in [1.165, 1.54) is 22.3 Å². The van der Waals surface area contributed by atoms with E-state index in [4.69, 9.17) is 4.99 Å². The molecule has 0 radical (unpaired) electrons. The van der Waals surface area contributed by atoms with Gasteiger partial charge in [-0.25, -0.2) is 0 Å². The SMILES string of the molecule is CC[C@@]1(c2cccc(C3=C4CC=CC(C)=C4N=CC3)c2)C2=CN=NC2NC2=C1C(=O)NC(C)(C)C2. The van der Waals surface area contributed by atoms with Crippen molar-refractivity contribution in [2.24, 2.45) is 15.2 Å². The maximum absolute atomic E-state index is 13.7. The standard InChI is InChI=1S/C29H31N5O/c1-5-29(22-16-31-34-26(22)32-23-15-28(3,4)33-27(35)24(23)29)19-10-7-9-18(14-19)20-12-13-30-25-17(2)8-6-11-21(20)25/h6-10,13-14,16,26,32H,5,11-12,15H2,1-4H3,(H,33,35)/t26?,29-/m1/s1. The summed E-state index contributed by atoms with van der Waals surface area (Å²) in [5.74, 6) is -0.00709. The number of carbonyl (C=O) groups is 1. The molecule has 5 aliphatic rings. The number of dihydropyridines is 1. The van der Waals surface area contributed by atoms with Crippen molar-refractivity contribution in [2.75, 3.05) is 0 Å². The van der Waals surface area contributed by atoms with Crippen LogP contribution in [-0.4, -0.2) is 23.8 Å². The molecule has 178 valence electrons. The van der Waals surface area contributed by atoms with E-state index in [1.807, 2.05) is 12.4 Å². The Labute approximate surface area is 206 Å². The molecule has 0 fully saturated rings. The van der Waals surface area contributed by atoms with E-state index in [2.05, 4.69) is 85.0 Å². The van der Waals surface area contributed by atoms with Gasteiger partial charge >= 0.3 is 0 Å². The number of hydrogen-bond acceptors (Lipinski definition) is 5. The van der Waals surface area contributed by atoms with Crippen LogP contribution in [0.15, 0.2) is 91.5 Å². The number of amides is 1. The van der Waals surface area contributed by atoms with Gasteiger partial charge in [0.05, 0.1) is 22.9 Å². The van der Waals surface area contributed by atoms with Gasteiger partial charge in [-0.2, -0.15) is 10.2 Å². The first kappa shape index (κ1) is 22.0. The van der Waals surface area contributed by atoms with E-state index in [1.54, 1.807) is 0 Å². The first-order chi connectivity index (χ1) is 16.8. The van der Waals surface area contributed by atoms with Gasteiger partial charge in [0.2, 0.25) is 0 Å². The summed E-state index contributed by atoms with van der Waals surface area (Å²) in [6.07, 6.45) is 11.2. The molecule has 6 heteroatoms. The Hall–Kier alpha value is -3.54. The quantitative estimate of drug-likeness (QED) is 0.607.